The van der Waals surface area contributed by atoms with Crippen LogP contribution in [0.2, 0.25) is 0 Å². The van der Waals surface area contributed by atoms with Crippen LogP contribution >= 0.6 is 35.3 Å². The number of ether oxygens (including phenoxy) is 1. The number of nitrogens with zero attached hydrogens (tertiary/aromatic N) is 1. The fourth-order valence-corrected chi connectivity index (χ4v) is 2.70. The fourth-order valence-electron chi connectivity index (χ4n) is 1.80. The highest BCUT2D eigenvalue weighted by molar-refractivity contribution is 14.0. The van der Waals surface area contributed by atoms with E-state index < -0.39 is 0 Å². The van der Waals surface area contributed by atoms with Crippen LogP contribution in [0.15, 0.2) is 17.1 Å². The maximum Gasteiger partial charge on any atom is 0.191 e. The molecule has 0 aliphatic rings. The lowest BCUT2D eigenvalue weighted by atomic mass is 10.2. The molecule has 0 atom stereocenters. The maximum atomic E-state index is 5.56. The van der Waals surface area contributed by atoms with Crippen molar-refractivity contribution in [3.63, 3.8) is 0 Å². The first kappa shape index (κ1) is 21.7. The second-order valence-electron chi connectivity index (χ2n) is 5.40. The summed E-state index contributed by atoms with van der Waals surface area (Å²) in [4.78, 5) is 7.00. The van der Waals surface area contributed by atoms with E-state index in [0.29, 0.717) is 5.92 Å². The first-order valence-electron chi connectivity index (χ1n) is 7.75. The molecule has 0 fully saturated rings. The molecular weight excluding hydrogens is 409 g/mol. The highest BCUT2D eigenvalue weighted by Gasteiger charge is 2.01. The Kier molecular flexibility index (Phi) is 12.9. The molecule has 1 aromatic heterocycles. The zero-order valence-corrected chi connectivity index (χ0v) is 17.3. The lowest BCUT2D eigenvalue weighted by Gasteiger charge is -2.11. The number of halogens is 1. The number of aryl methyl sites for hydroxylation is 1. The molecule has 22 heavy (non-hydrogen) atoms. The van der Waals surface area contributed by atoms with Gasteiger partial charge in [0.2, 0.25) is 0 Å². The zero-order chi connectivity index (χ0) is 15.5. The van der Waals surface area contributed by atoms with Crippen molar-refractivity contribution in [3.05, 3.63) is 21.9 Å². The topological polar surface area (TPSA) is 45.7 Å². The van der Waals surface area contributed by atoms with Crippen molar-refractivity contribution in [2.24, 2.45) is 10.9 Å². The summed E-state index contributed by atoms with van der Waals surface area (Å²) >= 11 is 1.86. The van der Waals surface area contributed by atoms with E-state index in [2.05, 4.69) is 48.5 Å². The number of guanidine groups is 1. The molecule has 2 N–H and O–H groups in total. The zero-order valence-electron chi connectivity index (χ0n) is 14.1. The number of thiophene rings is 1. The molecule has 0 saturated heterocycles. The molecule has 0 spiro atoms. The first-order valence-corrected chi connectivity index (χ1v) is 8.57. The SMILES string of the molecule is CCc1ccc(CNC(=NC)NCCCOCC(C)C)s1.I. The molecule has 0 saturated carbocycles. The Labute approximate surface area is 156 Å². The summed E-state index contributed by atoms with van der Waals surface area (Å²) in [5.74, 6) is 1.46. The summed E-state index contributed by atoms with van der Waals surface area (Å²) in [6, 6.07) is 4.38. The minimum absolute atomic E-state index is 0. The minimum atomic E-state index is 0. The van der Waals surface area contributed by atoms with Crippen LogP contribution in [0.5, 0.6) is 0 Å². The first-order chi connectivity index (χ1) is 10.2. The average molecular weight is 439 g/mol. The van der Waals surface area contributed by atoms with Crippen LogP contribution in [0.1, 0.15) is 36.9 Å². The Balaban J connectivity index is 0.00000441. The molecule has 0 amide bonds. The van der Waals surface area contributed by atoms with Crippen molar-refractivity contribution < 1.29 is 4.74 Å². The van der Waals surface area contributed by atoms with Crippen LogP contribution in [0, 0.1) is 5.92 Å². The van der Waals surface area contributed by atoms with Crippen LogP contribution in [-0.2, 0) is 17.7 Å². The van der Waals surface area contributed by atoms with E-state index in [1.165, 1.54) is 9.75 Å². The molecule has 4 nitrogen and oxygen atoms in total. The second-order valence-corrected chi connectivity index (χ2v) is 6.65. The third-order valence-electron chi connectivity index (χ3n) is 2.93. The monoisotopic (exact) mass is 439 g/mol. The summed E-state index contributed by atoms with van der Waals surface area (Å²) in [6.45, 7) is 9.86. The van der Waals surface area contributed by atoms with Gasteiger partial charge in [-0.05, 0) is 30.9 Å². The van der Waals surface area contributed by atoms with Crippen LogP contribution in [0.3, 0.4) is 0 Å². The molecule has 6 heteroatoms. The summed E-state index contributed by atoms with van der Waals surface area (Å²) in [5, 5.41) is 6.65. The summed E-state index contributed by atoms with van der Waals surface area (Å²) in [6.07, 6.45) is 2.10. The second kappa shape index (κ2) is 13.1. The van der Waals surface area contributed by atoms with E-state index in [1.54, 1.807) is 7.05 Å². The Hall–Kier alpha value is -0.340. The molecule has 0 aromatic carbocycles. The van der Waals surface area contributed by atoms with Gasteiger partial charge in [-0.25, -0.2) is 0 Å². The van der Waals surface area contributed by atoms with Crippen molar-refractivity contribution in [3.8, 4) is 0 Å². The summed E-state index contributed by atoms with van der Waals surface area (Å²) in [5.41, 5.74) is 0. The predicted molar refractivity (Wildman–Crippen MR) is 108 cm³/mol. The van der Waals surface area contributed by atoms with E-state index in [9.17, 15) is 0 Å². The standard InChI is InChI=1S/C16H29N3OS.HI/c1-5-14-7-8-15(21-14)11-19-16(17-4)18-9-6-10-20-12-13(2)3;/h7-8,13H,5-6,9-12H2,1-4H3,(H2,17,18,19);1H. The normalized spacial score (nSPS) is 11.4. The molecule has 0 unspecified atom stereocenters. The number of hydrogen-bond acceptors (Lipinski definition) is 3. The lowest BCUT2D eigenvalue weighted by Crippen LogP contribution is -2.37. The van der Waals surface area contributed by atoms with Gasteiger partial charge in [-0.15, -0.1) is 35.3 Å². The van der Waals surface area contributed by atoms with E-state index in [1.807, 2.05) is 11.3 Å². The van der Waals surface area contributed by atoms with Gasteiger partial charge in [0, 0.05) is 36.6 Å². The van der Waals surface area contributed by atoms with Gasteiger partial charge < -0.3 is 15.4 Å². The summed E-state index contributed by atoms with van der Waals surface area (Å²) in [7, 11) is 1.80. The van der Waals surface area contributed by atoms with Crippen LogP contribution in [-0.4, -0.2) is 32.8 Å². The van der Waals surface area contributed by atoms with Crippen LogP contribution < -0.4 is 10.6 Å². The smallest absolute Gasteiger partial charge is 0.191 e. The Bertz CT molecular complexity index is 421. The van der Waals surface area contributed by atoms with E-state index in [0.717, 1.165) is 45.1 Å². The van der Waals surface area contributed by atoms with Gasteiger partial charge in [-0.1, -0.05) is 20.8 Å². The molecule has 0 aliphatic heterocycles. The van der Waals surface area contributed by atoms with Crippen molar-refractivity contribution in [1.29, 1.82) is 0 Å². The van der Waals surface area contributed by atoms with Crippen LogP contribution in [0.25, 0.3) is 0 Å². The number of hydrogen-bond donors (Lipinski definition) is 2. The Morgan fingerprint density at radius 3 is 2.59 bits per heavy atom. The van der Waals surface area contributed by atoms with Gasteiger partial charge in [0.1, 0.15) is 0 Å². The lowest BCUT2D eigenvalue weighted by molar-refractivity contribution is 0.108. The van der Waals surface area contributed by atoms with Crippen LogP contribution in [0.4, 0.5) is 0 Å². The van der Waals surface area contributed by atoms with Crippen molar-refractivity contribution >= 4 is 41.3 Å². The molecule has 1 rings (SSSR count). The molecule has 1 aromatic rings. The molecule has 128 valence electrons. The van der Waals surface area contributed by atoms with Gasteiger partial charge in [-0.2, -0.15) is 0 Å². The van der Waals surface area contributed by atoms with Gasteiger partial charge in [0.05, 0.1) is 6.54 Å². The van der Waals surface area contributed by atoms with E-state index >= 15 is 0 Å². The van der Waals surface area contributed by atoms with Crippen molar-refractivity contribution in [2.45, 2.75) is 40.2 Å². The van der Waals surface area contributed by atoms with E-state index in [4.69, 9.17) is 4.74 Å². The Morgan fingerprint density at radius 1 is 1.27 bits per heavy atom. The quantitative estimate of drug-likeness (QED) is 0.267. The number of rotatable bonds is 9. The molecule has 0 radical (unpaired) electrons. The maximum absolute atomic E-state index is 5.56. The predicted octanol–water partition coefficient (Wildman–Crippen LogP) is 3.66. The highest BCUT2D eigenvalue weighted by atomic mass is 127. The Morgan fingerprint density at radius 2 is 2.00 bits per heavy atom. The summed E-state index contributed by atoms with van der Waals surface area (Å²) < 4.78 is 5.56. The van der Waals surface area contributed by atoms with Gasteiger partial charge in [0.15, 0.2) is 5.96 Å². The average Bonchev–Trinajstić information content (AvgIpc) is 2.93. The van der Waals surface area contributed by atoms with Gasteiger partial charge in [-0.3, -0.25) is 4.99 Å². The highest BCUT2D eigenvalue weighted by Crippen LogP contribution is 2.16. The third kappa shape index (κ3) is 9.63. The minimum Gasteiger partial charge on any atom is -0.381 e. The number of aliphatic imine (C=N–C) groups is 1. The third-order valence-corrected chi connectivity index (χ3v) is 4.16. The fraction of sp³-hybridized carbons (Fsp3) is 0.688. The molecule has 0 aliphatic carbocycles. The molecular formula is C16H30IN3OS. The van der Waals surface area contributed by atoms with Crippen molar-refractivity contribution in [1.82, 2.24) is 10.6 Å². The van der Waals surface area contributed by atoms with Gasteiger partial charge >= 0.3 is 0 Å². The molecule has 1 heterocycles. The molecule has 0 bridgehead atoms. The van der Waals surface area contributed by atoms with Gasteiger partial charge in [0.25, 0.3) is 0 Å². The van der Waals surface area contributed by atoms with Crippen molar-refractivity contribution in [2.75, 3.05) is 26.8 Å². The van der Waals surface area contributed by atoms with E-state index in [-0.39, 0.29) is 24.0 Å². The number of nitrogens with one attached hydrogen (secondary N) is 2. The largest absolute Gasteiger partial charge is 0.381 e.